The molecule has 1 aromatic carbocycles. The van der Waals surface area contributed by atoms with Crippen LogP contribution in [0, 0.1) is 5.82 Å². The van der Waals surface area contributed by atoms with Crippen molar-refractivity contribution in [2.45, 2.75) is 19.5 Å². The molecule has 3 nitrogen and oxygen atoms in total. The minimum absolute atomic E-state index is 0.0278. The van der Waals surface area contributed by atoms with Gasteiger partial charge in [-0.25, -0.2) is 4.39 Å². The van der Waals surface area contributed by atoms with Gasteiger partial charge in [-0.05, 0) is 24.6 Å². The van der Waals surface area contributed by atoms with E-state index in [4.69, 9.17) is 5.73 Å². The van der Waals surface area contributed by atoms with Crippen LogP contribution in [0.4, 0.5) is 4.39 Å². The van der Waals surface area contributed by atoms with E-state index in [1.807, 2.05) is 6.92 Å². The smallest absolute Gasteiger partial charge is 0.230 e. The molecule has 0 saturated carbocycles. The first-order chi connectivity index (χ1) is 8.08. The number of nitrogens with one attached hydrogen (secondary N) is 1. The molecule has 5 heteroatoms. The number of hydrogen-bond acceptors (Lipinski definition) is 3. The predicted molar refractivity (Wildman–Crippen MR) is 69.2 cm³/mol. The van der Waals surface area contributed by atoms with Gasteiger partial charge < -0.3 is 11.1 Å². The fourth-order valence-corrected chi connectivity index (χ4v) is 1.97. The molecule has 0 aliphatic rings. The lowest BCUT2D eigenvalue weighted by atomic mass is 10.2. The maximum Gasteiger partial charge on any atom is 0.230 e. The van der Waals surface area contributed by atoms with Crippen LogP contribution in [0.5, 0.6) is 0 Å². The lowest BCUT2D eigenvalue weighted by molar-refractivity contribution is -0.118. The van der Waals surface area contributed by atoms with Gasteiger partial charge in [0.15, 0.2) is 0 Å². The first-order valence-electron chi connectivity index (χ1n) is 5.42. The molecule has 0 spiro atoms. The molecule has 0 aliphatic carbocycles. The summed E-state index contributed by atoms with van der Waals surface area (Å²) in [7, 11) is 0. The highest BCUT2D eigenvalue weighted by molar-refractivity contribution is 7.99. The Morgan fingerprint density at radius 3 is 2.71 bits per heavy atom. The third-order valence-electron chi connectivity index (χ3n) is 2.02. The number of carbonyl (C=O) groups is 1. The van der Waals surface area contributed by atoms with Crippen LogP contribution in [0.3, 0.4) is 0 Å². The van der Waals surface area contributed by atoms with Crippen LogP contribution in [0.1, 0.15) is 12.5 Å². The van der Waals surface area contributed by atoms with Crippen LogP contribution < -0.4 is 11.1 Å². The molecule has 1 rings (SSSR count). The number of benzene rings is 1. The van der Waals surface area contributed by atoms with E-state index in [1.165, 1.54) is 23.9 Å². The zero-order valence-electron chi connectivity index (χ0n) is 9.78. The molecule has 0 aromatic heterocycles. The number of halogens is 1. The van der Waals surface area contributed by atoms with Gasteiger partial charge in [0, 0.05) is 18.3 Å². The predicted octanol–water partition coefficient (Wildman–Crippen LogP) is 1.52. The summed E-state index contributed by atoms with van der Waals surface area (Å²) in [5, 5.41) is 2.77. The molecular weight excluding hydrogens is 239 g/mol. The van der Waals surface area contributed by atoms with E-state index in [9.17, 15) is 9.18 Å². The molecule has 1 amide bonds. The average molecular weight is 256 g/mol. The van der Waals surface area contributed by atoms with Crippen LogP contribution in [-0.2, 0) is 11.3 Å². The van der Waals surface area contributed by atoms with E-state index >= 15 is 0 Å². The summed E-state index contributed by atoms with van der Waals surface area (Å²) in [6, 6.07) is 6.18. The third-order valence-corrected chi connectivity index (χ3v) is 3.24. The molecule has 0 aliphatic heterocycles. The van der Waals surface area contributed by atoms with Crippen molar-refractivity contribution in [2.24, 2.45) is 5.73 Å². The SMILES string of the molecule is CC(N)CSCC(=O)NCc1ccc(F)cc1. The van der Waals surface area contributed by atoms with Crippen molar-refractivity contribution in [1.29, 1.82) is 0 Å². The number of rotatable bonds is 6. The second-order valence-electron chi connectivity index (χ2n) is 3.90. The Hall–Kier alpha value is -1.07. The largest absolute Gasteiger partial charge is 0.351 e. The van der Waals surface area contributed by atoms with Crippen molar-refractivity contribution in [3.05, 3.63) is 35.6 Å². The van der Waals surface area contributed by atoms with Crippen LogP contribution in [0.2, 0.25) is 0 Å². The van der Waals surface area contributed by atoms with Crippen molar-refractivity contribution in [1.82, 2.24) is 5.32 Å². The highest BCUT2D eigenvalue weighted by Gasteiger charge is 2.02. The molecule has 0 radical (unpaired) electrons. The van der Waals surface area contributed by atoms with Crippen molar-refractivity contribution < 1.29 is 9.18 Å². The Labute approximate surface area is 105 Å². The molecular formula is C12H17FN2OS. The number of nitrogens with two attached hydrogens (primary N) is 1. The van der Waals surface area contributed by atoms with E-state index < -0.39 is 0 Å². The van der Waals surface area contributed by atoms with Crippen LogP contribution in [-0.4, -0.2) is 23.5 Å². The summed E-state index contributed by atoms with van der Waals surface area (Å²) in [5.41, 5.74) is 6.46. The maximum absolute atomic E-state index is 12.6. The summed E-state index contributed by atoms with van der Waals surface area (Å²) in [4.78, 5) is 11.4. The van der Waals surface area contributed by atoms with Gasteiger partial charge >= 0.3 is 0 Å². The van der Waals surface area contributed by atoms with Gasteiger partial charge in [0.05, 0.1) is 5.75 Å². The van der Waals surface area contributed by atoms with Crippen LogP contribution in [0.25, 0.3) is 0 Å². The number of carbonyl (C=O) groups excluding carboxylic acids is 1. The summed E-state index contributed by atoms with van der Waals surface area (Å²) in [6.45, 7) is 2.33. The van der Waals surface area contributed by atoms with Gasteiger partial charge in [0.2, 0.25) is 5.91 Å². The Bertz CT molecular complexity index is 354. The van der Waals surface area contributed by atoms with Gasteiger partial charge in [-0.3, -0.25) is 4.79 Å². The maximum atomic E-state index is 12.6. The van der Waals surface area contributed by atoms with E-state index in [-0.39, 0.29) is 17.8 Å². The lowest BCUT2D eigenvalue weighted by Crippen LogP contribution is -2.26. The van der Waals surface area contributed by atoms with Crippen molar-refractivity contribution >= 4 is 17.7 Å². The third kappa shape index (κ3) is 6.28. The zero-order valence-corrected chi connectivity index (χ0v) is 10.6. The number of amides is 1. The highest BCUT2D eigenvalue weighted by atomic mass is 32.2. The molecule has 94 valence electrons. The van der Waals surface area contributed by atoms with Crippen LogP contribution >= 0.6 is 11.8 Å². The second kappa shape index (κ2) is 7.29. The van der Waals surface area contributed by atoms with E-state index in [2.05, 4.69) is 5.32 Å². The number of thioether (sulfide) groups is 1. The van der Waals surface area contributed by atoms with Crippen LogP contribution in [0.15, 0.2) is 24.3 Å². The Balaban J connectivity index is 2.21. The molecule has 1 aromatic rings. The Kier molecular flexibility index (Phi) is 6.00. The summed E-state index contributed by atoms with van der Waals surface area (Å²) >= 11 is 1.51. The second-order valence-corrected chi connectivity index (χ2v) is 4.93. The topological polar surface area (TPSA) is 55.1 Å². The normalized spacial score (nSPS) is 12.2. The molecule has 3 N–H and O–H groups in total. The Morgan fingerprint density at radius 2 is 2.12 bits per heavy atom. The van der Waals surface area contributed by atoms with Gasteiger partial charge in [-0.2, -0.15) is 11.8 Å². The average Bonchev–Trinajstić information content (AvgIpc) is 2.28. The van der Waals surface area contributed by atoms with Gasteiger partial charge in [0.1, 0.15) is 5.82 Å². The molecule has 0 bridgehead atoms. The van der Waals surface area contributed by atoms with Gasteiger partial charge in [-0.1, -0.05) is 12.1 Å². The fourth-order valence-electron chi connectivity index (χ4n) is 1.19. The first-order valence-corrected chi connectivity index (χ1v) is 6.58. The minimum Gasteiger partial charge on any atom is -0.351 e. The lowest BCUT2D eigenvalue weighted by Gasteiger charge is -2.06. The van der Waals surface area contributed by atoms with Crippen molar-refractivity contribution in [3.63, 3.8) is 0 Å². The fraction of sp³-hybridized carbons (Fsp3) is 0.417. The first kappa shape index (κ1) is 14.0. The van der Waals surface area contributed by atoms with E-state index in [0.717, 1.165) is 11.3 Å². The van der Waals surface area contributed by atoms with E-state index in [1.54, 1.807) is 12.1 Å². The standard InChI is InChI=1S/C12H17FN2OS/c1-9(14)7-17-8-12(16)15-6-10-2-4-11(13)5-3-10/h2-5,9H,6-8,14H2,1H3,(H,15,16). The molecule has 1 atom stereocenters. The summed E-state index contributed by atoms with van der Waals surface area (Å²) < 4.78 is 12.6. The number of hydrogen-bond donors (Lipinski definition) is 2. The van der Waals surface area contributed by atoms with E-state index in [0.29, 0.717) is 12.3 Å². The monoisotopic (exact) mass is 256 g/mol. The molecule has 0 saturated heterocycles. The van der Waals surface area contributed by atoms with Crippen molar-refractivity contribution in [3.8, 4) is 0 Å². The Morgan fingerprint density at radius 1 is 1.47 bits per heavy atom. The quantitative estimate of drug-likeness (QED) is 0.811. The molecule has 0 heterocycles. The minimum atomic E-state index is -0.271. The zero-order chi connectivity index (χ0) is 12.7. The molecule has 1 unspecified atom stereocenters. The summed E-state index contributed by atoms with van der Waals surface area (Å²) in [6.07, 6.45) is 0. The highest BCUT2D eigenvalue weighted by Crippen LogP contribution is 2.03. The van der Waals surface area contributed by atoms with Crippen molar-refractivity contribution in [2.75, 3.05) is 11.5 Å². The van der Waals surface area contributed by atoms with Gasteiger partial charge in [-0.15, -0.1) is 0 Å². The van der Waals surface area contributed by atoms with Gasteiger partial charge in [0.25, 0.3) is 0 Å². The molecule has 17 heavy (non-hydrogen) atoms. The summed E-state index contributed by atoms with van der Waals surface area (Å²) in [5.74, 6) is 0.875. The molecule has 0 fully saturated rings.